The minimum absolute atomic E-state index is 0.208. The molecule has 106 valence electrons. The molecule has 0 saturated heterocycles. The van der Waals surface area contributed by atoms with Crippen molar-refractivity contribution in [3.63, 3.8) is 0 Å². The van der Waals surface area contributed by atoms with Gasteiger partial charge in [-0.2, -0.15) is 0 Å². The van der Waals surface area contributed by atoms with Crippen LogP contribution >= 0.6 is 0 Å². The fourth-order valence-corrected chi connectivity index (χ4v) is 2.54. The van der Waals surface area contributed by atoms with Gasteiger partial charge in [-0.3, -0.25) is 4.21 Å². The molecular weight excluding hydrogens is 275 g/mol. The zero-order valence-corrected chi connectivity index (χ0v) is 12.8. The van der Waals surface area contributed by atoms with Crippen LogP contribution < -0.4 is 0 Å². The molecule has 5 heteroatoms. The molecule has 0 bridgehead atoms. The molecule has 1 heterocycles. The molecule has 0 saturated carbocycles. The smallest absolute Gasteiger partial charge is 0.219 e. The normalized spacial score (nSPS) is 12.7. The molecule has 0 fully saturated rings. The SMILES string of the molecule is Cc1c(-c2ccc(F)cc2)nc(S(C)=O)nc1C(C)C. The van der Waals surface area contributed by atoms with Gasteiger partial charge >= 0.3 is 0 Å². The highest BCUT2D eigenvalue weighted by molar-refractivity contribution is 7.84. The highest BCUT2D eigenvalue weighted by Gasteiger charge is 2.16. The first-order valence-corrected chi connectivity index (χ1v) is 7.94. The Hall–Kier alpha value is -1.62. The first-order chi connectivity index (χ1) is 9.40. The van der Waals surface area contributed by atoms with E-state index in [-0.39, 0.29) is 11.7 Å². The van der Waals surface area contributed by atoms with Crippen molar-refractivity contribution in [1.82, 2.24) is 9.97 Å². The Bertz CT molecular complexity index is 654. The van der Waals surface area contributed by atoms with Crippen molar-refractivity contribution in [2.24, 2.45) is 0 Å². The van der Waals surface area contributed by atoms with Crippen LogP contribution in [0.25, 0.3) is 11.3 Å². The Kier molecular flexibility index (Phi) is 4.28. The molecule has 1 aromatic heterocycles. The van der Waals surface area contributed by atoms with E-state index >= 15 is 0 Å². The molecule has 20 heavy (non-hydrogen) atoms. The highest BCUT2D eigenvalue weighted by Crippen LogP contribution is 2.27. The van der Waals surface area contributed by atoms with Crippen molar-refractivity contribution in [2.45, 2.75) is 31.8 Å². The van der Waals surface area contributed by atoms with Crippen LogP contribution in [-0.4, -0.2) is 20.4 Å². The molecular formula is C15H17FN2OS. The summed E-state index contributed by atoms with van der Waals surface area (Å²) >= 11 is 0. The minimum Gasteiger partial charge on any atom is -0.251 e. The van der Waals surface area contributed by atoms with Gasteiger partial charge in [0.1, 0.15) is 5.82 Å². The average Bonchev–Trinajstić information content (AvgIpc) is 2.39. The summed E-state index contributed by atoms with van der Waals surface area (Å²) in [5.74, 6) is -0.0802. The number of hydrogen-bond acceptors (Lipinski definition) is 3. The molecule has 0 aliphatic heterocycles. The van der Waals surface area contributed by atoms with E-state index in [0.717, 1.165) is 16.8 Å². The van der Waals surface area contributed by atoms with E-state index < -0.39 is 10.8 Å². The number of halogens is 1. The van der Waals surface area contributed by atoms with E-state index in [9.17, 15) is 8.60 Å². The van der Waals surface area contributed by atoms with Crippen molar-refractivity contribution >= 4 is 10.8 Å². The lowest BCUT2D eigenvalue weighted by atomic mass is 10.00. The Balaban J connectivity index is 2.67. The lowest BCUT2D eigenvalue weighted by molar-refractivity contribution is 0.628. The van der Waals surface area contributed by atoms with Gasteiger partial charge in [0.2, 0.25) is 5.16 Å². The summed E-state index contributed by atoms with van der Waals surface area (Å²) in [5, 5.41) is 0.318. The van der Waals surface area contributed by atoms with E-state index in [1.807, 2.05) is 20.8 Å². The zero-order valence-electron chi connectivity index (χ0n) is 12.0. The van der Waals surface area contributed by atoms with Gasteiger partial charge in [-0.05, 0) is 42.7 Å². The van der Waals surface area contributed by atoms with Crippen LogP contribution in [0.3, 0.4) is 0 Å². The second-order valence-electron chi connectivity index (χ2n) is 4.98. The first kappa shape index (κ1) is 14.8. The van der Waals surface area contributed by atoms with E-state index in [1.165, 1.54) is 12.1 Å². The third kappa shape index (κ3) is 2.93. The largest absolute Gasteiger partial charge is 0.251 e. The number of aromatic nitrogens is 2. The average molecular weight is 292 g/mol. The Morgan fingerprint density at radius 1 is 1.15 bits per heavy atom. The molecule has 0 aliphatic rings. The van der Waals surface area contributed by atoms with Gasteiger partial charge in [-0.15, -0.1) is 0 Å². The number of rotatable bonds is 3. The zero-order chi connectivity index (χ0) is 14.9. The Morgan fingerprint density at radius 2 is 1.75 bits per heavy atom. The van der Waals surface area contributed by atoms with E-state index in [0.29, 0.717) is 10.9 Å². The lowest BCUT2D eigenvalue weighted by Crippen LogP contribution is -2.07. The van der Waals surface area contributed by atoms with Gasteiger partial charge in [0.15, 0.2) is 0 Å². The molecule has 0 amide bonds. The quantitative estimate of drug-likeness (QED) is 0.814. The third-order valence-corrected chi connectivity index (χ3v) is 3.78. The van der Waals surface area contributed by atoms with E-state index in [4.69, 9.17) is 0 Å². The summed E-state index contributed by atoms with van der Waals surface area (Å²) in [7, 11) is -1.25. The van der Waals surface area contributed by atoms with Crippen LogP contribution in [0, 0.1) is 12.7 Å². The predicted octanol–water partition coefficient (Wildman–Crippen LogP) is 3.45. The summed E-state index contributed by atoms with van der Waals surface area (Å²) in [4.78, 5) is 8.77. The van der Waals surface area contributed by atoms with Crippen LogP contribution in [-0.2, 0) is 10.8 Å². The van der Waals surface area contributed by atoms with Gasteiger partial charge in [0, 0.05) is 11.8 Å². The van der Waals surface area contributed by atoms with Crippen molar-refractivity contribution in [2.75, 3.05) is 6.26 Å². The molecule has 3 nitrogen and oxygen atoms in total. The number of benzene rings is 1. The number of hydrogen-bond donors (Lipinski definition) is 0. The molecule has 0 spiro atoms. The molecule has 1 unspecified atom stereocenters. The fourth-order valence-electron chi connectivity index (χ4n) is 2.09. The second-order valence-corrected chi connectivity index (χ2v) is 6.25. The van der Waals surface area contributed by atoms with Crippen LogP contribution in [0.2, 0.25) is 0 Å². The van der Waals surface area contributed by atoms with Gasteiger partial charge < -0.3 is 0 Å². The van der Waals surface area contributed by atoms with Gasteiger partial charge in [-0.1, -0.05) is 13.8 Å². The first-order valence-electron chi connectivity index (χ1n) is 6.38. The predicted molar refractivity (Wildman–Crippen MR) is 78.6 cm³/mol. The van der Waals surface area contributed by atoms with Gasteiger partial charge in [-0.25, -0.2) is 14.4 Å². The fraction of sp³-hybridized carbons (Fsp3) is 0.333. The van der Waals surface area contributed by atoms with E-state index in [2.05, 4.69) is 9.97 Å². The molecule has 0 aliphatic carbocycles. The highest BCUT2D eigenvalue weighted by atomic mass is 32.2. The Labute approximate surface area is 120 Å². The molecule has 1 atom stereocenters. The van der Waals surface area contributed by atoms with Gasteiger partial charge in [0.25, 0.3) is 0 Å². The van der Waals surface area contributed by atoms with Crippen LogP contribution in [0.5, 0.6) is 0 Å². The van der Waals surface area contributed by atoms with E-state index in [1.54, 1.807) is 18.4 Å². The van der Waals surface area contributed by atoms with Crippen molar-refractivity contribution in [3.05, 3.63) is 41.3 Å². The summed E-state index contributed by atoms with van der Waals surface area (Å²) < 4.78 is 24.7. The molecule has 2 aromatic rings. The van der Waals surface area contributed by atoms with Crippen molar-refractivity contribution in [3.8, 4) is 11.3 Å². The van der Waals surface area contributed by atoms with Crippen LogP contribution in [0.1, 0.15) is 31.0 Å². The van der Waals surface area contributed by atoms with Crippen molar-refractivity contribution < 1.29 is 8.60 Å². The Morgan fingerprint density at radius 3 is 2.25 bits per heavy atom. The number of nitrogens with zero attached hydrogens (tertiary/aromatic N) is 2. The summed E-state index contributed by atoms with van der Waals surface area (Å²) in [5.41, 5.74) is 3.35. The monoisotopic (exact) mass is 292 g/mol. The maximum absolute atomic E-state index is 13.0. The maximum Gasteiger partial charge on any atom is 0.219 e. The summed E-state index contributed by atoms with van der Waals surface area (Å²) in [6.07, 6.45) is 1.56. The summed E-state index contributed by atoms with van der Waals surface area (Å²) in [6.45, 7) is 6.01. The third-order valence-electron chi connectivity index (χ3n) is 3.08. The van der Waals surface area contributed by atoms with Crippen molar-refractivity contribution in [1.29, 1.82) is 0 Å². The molecule has 2 rings (SSSR count). The van der Waals surface area contributed by atoms with Crippen LogP contribution in [0.4, 0.5) is 4.39 Å². The van der Waals surface area contributed by atoms with Crippen LogP contribution in [0.15, 0.2) is 29.4 Å². The summed E-state index contributed by atoms with van der Waals surface area (Å²) in [6, 6.07) is 6.15. The maximum atomic E-state index is 13.0. The molecule has 0 radical (unpaired) electrons. The second kappa shape index (κ2) is 5.79. The topological polar surface area (TPSA) is 42.9 Å². The standard InChI is InChI=1S/C15H17FN2OS/c1-9(2)13-10(3)14(18-15(17-13)20(4)19)11-5-7-12(16)8-6-11/h5-9H,1-4H3. The van der Waals surface area contributed by atoms with Gasteiger partial charge in [0.05, 0.1) is 22.2 Å². The minimum atomic E-state index is -1.25. The molecule has 1 aromatic carbocycles. The molecule has 0 N–H and O–H groups in total. The lowest BCUT2D eigenvalue weighted by Gasteiger charge is -2.14.